The Labute approximate surface area is 144 Å². The molecular weight excluding hydrogens is 323 g/mol. The Hall–Kier alpha value is -2.99. The van der Waals surface area contributed by atoms with Crippen molar-refractivity contribution in [2.45, 2.75) is 0 Å². The van der Waals surface area contributed by atoms with E-state index in [0.717, 1.165) is 11.0 Å². The molecule has 0 atom stereocenters. The maximum absolute atomic E-state index is 13.6. The van der Waals surface area contributed by atoms with E-state index in [1.165, 1.54) is 18.2 Å². The SMILES string of the molecule is CN(CCO)C1=C(c2ccccc2)C(=O)N(c2cccc(F)c2)C1=O. The number of carbonyl (C=O) groups excluding carboxylic acids is 2. The number of nitrogens with zero attached hydrogens (tertiary/aromatic N) is 2. The number of amides is 2. The molecule has 6 heteroatoms. The first-order valence-electron chi connectivity index (χ1n) is 7.80. The van der Waals surface area contributed by atoms with E-state index in [2.05, 4.69) is 0 Å². The molecule has 0 radical (unpaired) electrons. The summed E-state index contributed by atoms with van der Waals surface area (Å²) in [5, 5.41) is 9.20. The third kappa shape index (κ3) is 3.04. The van der Waals surface area contributed by atoms with Gasteiger partial charge in [0.1, 0.15) is 11.5 Å². The van der Waals surface area contributed by atoms with Crippen LogP contribution in [0.4, 0.5) is 10.1 Å². The Morgan fingerprint density at radius 3 is 2.40 bits per heavy atom. The zero-order valence-corrected chi connectivity index (χ0v) is 13.6. The summed E-state index contributed by atoms with van der Waals surface area (Å²) in [6.07, 6.45) is 0. The first-order valence-corrected chi connectivity index (χ1v) is 7.80. The second-order valence-corrected chi connectivity index (χ2v) is 5.66. The number of aliphatic hydroxyl groups is 1. The van der Waals surface area contributed by atoms with Crippen LogP contribution in [0.2, 0.25) is 0 Å². The Morgan fingerprint density at radius 1 is 1.04 bits per heavy atom. The maximum Gasteiger partial charge on any atom is 0.282 e. The van der Waals surface area contributed by atoms with E-state index in [4.69, 9.17) is 0 Å². The Kier molecular flexibility index (Phi) is 4.63. The molecule has 2 aromatic rings. The third-order valence-electron chi connectivity index (χ3n) is 4.01. The van der Waals surface area contributed by atoms with Crippen molar-refractivity contribution in [2.24, 2.45) is 0 Å². The minimum absolute atomic E-state index is 0.163. The quantitative estimate of drug-likeness (QED) is 0.846. The second kappa shape index (κ2) is 6.86. The second-order valence-electron chi connectivity index (χ2n) is 5.66. The van der Waals surface area contributed by atoms with E-state index < -0.39 is 17.6 Å². The summed E-state index contributed by atoms with van der Waals surface area (Å²) in [6, 6.07) is 14.2. The van der Waals surface area contributed by atoms with Crippen molar-refractivity contribution in [3.63, 3.8) is 0 Å². The predicted molar refractivity (Wildman–Crippen MR) is 92.0 cm³/mol. The van der Waals surface area contributed by atoms with Gasteiger partial charge in [-0.25, -0.2) is 9.29 Å². The van der Waals surface area contributed by atoms with Gasteiger partial charge in [0.25, 0.3) is 11.8 Å². The van der Waals surface area contributed by atoms with Crippen LogP contribution in [0.1, 0.15) is 5.56 Å². The summed E-state index contributed by atoms with van der Waals surface area (Å²) in [7, 11) is 1.63. The smallest absolute Gasteiger partial charge is 0.282 e. The van der Waals surface area contributed by atoms with E-state index in [1.807, 2.05) is 6.07 Å². The van der Waals surface area contributed by atoms with Crippen molar-refractivity contribution in [1.29, 1.82) is 0 Å². The number of hydrogen-bond donors (Lipinski definition) is 1. The van der Waals surface area contributed by atoms with Crippen molar-refractivity contribution in [3.05, 3.63) is 71.7 Å². The van der Waals surface area contributed by atoms with Gasteiger partial charge in [-0.1, -0.05) is 36.4 Å². The molecule has 2 amide bonds. The van der Waals surface area contributed by atoms with Gasteiger partial charge >= 0.3 is 0 Å². The molecule has 0 saturated carbocycles. The lowest BCUT2D eigenvalue weighted by Gasteiger charge is -2.20. The highest BCUT2D eigenvalue weighted by Gasteiger charge is 2.41. The minimum atomic E-state index is -0.537. The average Bonchev–Trinajstić information content (AvgIpc) is 2.86. The summed E-state index contributed by atoms with van der Waals surface area (Å²) in [4.78, 5) is 28.4. The maximum atomic E-state index is 13.6. The molecule has 5 nitrogen and oxygen atoms in total. The summed E-state index contributed by atoms with van der Waals surface area (Å²) in [5.74, 6) is -1.58. The number of rotatable bonds is 5. The topological polar surface area (TPSA) is 60.9 Å². The Balaban J connectivity index is 2.13. The molecule has 0 spiro atoms. The first kappa shape index (κ1) is 16.9. The van der Waals surface area contributed by atoms with Crippen molar-refractivity contribution in [2.75, 3.05) is 25.1 Å². The lowest BCUT2D eigenvalue weighted by Crippen LogP contribution is -2.34. The van der Waals surface area contributed by atoms with Gasteiger partial charge in [0.05, 0.1) is 17.9 Å². The molecule has 25 heavy (non-hydrogen) atoms. The summed E-state index contributed by atoms with van der Waals surface area (Å²) >= 11 is 0. The predicted octanol–water partition coefficient (Wildman–Crippen LogP) is 2.03. The van der Waals surface area contributed by atoms with Crippen molar-refractivity contribution in [3.8, 4) is 0 Å². The molecule has 1 heterocycles. The third-order valence-corrected chi connectivity index (χ3v) is 4.01. The molecule has 0 aromatic heterocycles. The van der Waals surface area contributed by atoms with Crippen molar-refractivity contribution >= 4 is 23.1 Å². The van der Waals surface area contributed by atoms with Crippen LogP contribution in [0, 0.1) is 5.82 Å². The minimum Gasteiger partial charge on any atom is -0.395 e. The summed E-state index contributed by atoms with van der Waals surface area (Å²) in [5.41, 5.74) is 1.20. The molecule has 128 valence electrons. The zero-order valence-electron chi connectivity index (χ0n) is 13.6. The lowest BCUT2D eigenvalue weighted by atomic mass is 10.0. The van der Waals surface area contributed by atoms with Crippen molar-refractivity contribution < 1.29 is 19.1 Å². The van der Waals surface area contributed by atoms with Crippen molar-refractivity contribution in [1.82, 2.24) is 4.90 Å². The van der Waals surface area contributed by atoms with Gasteiger partial charge in [-0.15, -0.1) is 0 Å². The molecule has 0 aliphatic carbocycles. The van der Waals surface area contributed by atoms with Gasteiger partial charge in [-0.2, -0.15) is 0 Å². The Morgan fingerprint density at radius 2 is 1.76 bits per heavy atom. The number of halogens is 1. The largest absolute Gasteiger partial charge is 0.395 e. The molecule has 0 unspecified atom stereocenters. The molecule has 1 aliphatic rings. The standard InChI is InChI=1S/C19H17FN2O3/c1-21(10-11-23)17-16(13-6-3-2-4-7-13)18(24)22(19(17)25)15-9-5-8-14(20)12-15/h2-9,12,23H,10-11H2,1H3. The van der Waals surface area contributed by atoms with E-state index in [-0.39, 0.29) is 30.1 Å². The van der Waals surface area contributed by atoms with Crippen LogP contribution in [-0.4, -0.2) is 42.0 Å². The normalized spacial score (nSPS) is 14.4. The number of aliphatic hydroxyl groups excluding tert-OH is 1. The number of hydrogen-bond acceptors (Lipinski definition) is 4. The van der Waals surface area contributed by atoms with Crippen LogP contribution < -0.4 is 4.90 Å². The van der Waals surface area contributed by atoms with E-state index in [1.54, 1.807) is 36.2 Å². The van der Waals surface area contributed by atoms with Crippen LogP contribution in [0.5, 0.6) is 0 Å². The van der Waals surface area contributed by atoms with E-state index in [0.29, 0.717) is 5.56 Å². The number of likely N-dealkylation sites (N-methyl/N-ethyl adjacent to an activating group) is 1. The molecule has 0 fully saturated rings. The fourth-order valence-corrected chi connectivity index (χ4v) is 2.85. The van der Waals surface area contributed by atoms with E-state index >= 15 is 0 Å². The van der Waals surface area contributed by atoms with Gasteiger partial charge in [0, 0.05) is 13.6 Å². The van der Waals surface area contributed by atoms with Gasteiger partial charge in [-0.05, 0) is 23.8 Å². The molecule has 1 N–H and O–H groups in total. The van der Waals surface area contributed by atoms with Crippen LogP contribution in [0.15, 0.2) is 60.3 Å². The molecule has 1 aliphatic heterocycles. The summed E-state index contributed by atoms with van der Waals surface area (Å²) in [6.45, 7) is 0.0329. The monoisotopic (exact) mass is 340 g/mol. The highest BCUT2D eigenvalue weighted by Crippen LogP contribution is 2.34. The molecule has 3 rings (SSSR count). The van der Waals surface area contributed by atoms with Gasteiger partial charge < -0.3 is 10.0 Å². The average molecular weight is 340 g/mol. The number of benzene rings is 2. The molecule has 0 bridgehead atoms. The number of imide groups is 1. The fraction of sp³-hybridized carbons (Fsp3) is 0.158. The lowest BCUT2D eigenvalue weighted by molar-refractivity contribution is -0.120. The highest BCUT2D eigenvalue weighted by atomic mass is 19.1. The van der Waals surface area contributed by atoms with Crippen LogP contribution >= 0.6 is 0 Å². The van der Waals surface area contributed by atoms with Crippen LogP contribution in [0.3, 0.4) is 0 Å². The van der Waals surface area contributed by atoms with Crippen LogP contribution in [-0.2, 0) is 9.59 Å². The van der Waals surface area contributed by atoms with E-state index in [9.17, 15) is 19.1 Å². The Bertz CT molecular complexity index is 849. The van der Waals surface area contributed by atoms with Crippen LogP contribution in [0.25, 0.3) is 5.57 Å². The summed E-state index contributed by atoms with van der Waals surface area (Å²) < 4.78 is 13.6. The van der Waals surface area contributed by atoms with Gasteiger partial charge in [-0.3, -0.25) is 9.59 Å². The number of anilines is 1. The van der Waals surface area contributed by atoms with Gasteiger partial charge in [0.15, 0.2) is 0 Å². The van der Waals surface area contributed by atoms with Gasteiger partial charge in [0.2, 0.25) is 0 Å². The molecular formula is C19H17FN2O3. The molecule has 0 saturated heterocycles. The molecule has 2 aromatic carbocycles. The highest BCUT2D eigenvalue weighted by molar-refractivity contribution is 6.45. The number of carbonyl (C=O) groups is 2. The fourth-order valence-electron chi connectivity index (χ4n) is 2.85. The first-order chi connectivity index (χ1) is 12.0. The zero-order chi connectivity index (χ0) is 18.0.